The van der Waals surface area contributed by atoms with Crippen LogP contribution < -0.4 is 11.4 Å². The molecule has 0 unspecified atom stereocenters. The maximum absolute atomic E-state index is 13.9. The molecule has 0 saturated heterocycles. The van der Waals surface area contributed by atoms with E-state index in [0.717, 1.165) is 0 Å². The Morgan fingerprint density at radius 1 is 1.57 bits per heavy atom. The van der Waals surface area contributed by atoms with Gasteiger partial charge < -0.3 is 5.73 Å². The number of nitrogen functional groups attached to an aromatic ring is 1. The van der Waals surface area contributed by atoms with Crippen molar-refractivity contribution >= 4 is 17.6 Å². The maximum Gasteiger partial charge on any atom is 0.344 e. The van der Waals surface area contributed by atoms with Crippen molar-refractivity contribution < 1.29 is 4.39 Å². The second-order valence-electron chi connectivity index (χ2n) is 4.78. The quantitative estimate of drug-likeness (QED) is 0.446. The van der Waals surface area contributed by atoms with Crippen LogP contribution >= 0.6 is 11.8 Å². The van der Waals surface area contributed by atoms with Crippen LogP contribution in [-0.4, -0.2) is 20.6 Å². The van der Waals surface area contributed by atoms with Gasteiger partial charge in [-0.1, -0.05) is 23.9 Å². The van der Waals surface area contributed by atoms with Crippen molar-refractivity contribution in [1.29, 1.82) is 5.41 Å². The molecule has 4 N–H and O–H groups in total. The molecule has 0 atom stereocenters. The summed E-state index contributed by atoms with van der Waals surface area (Å²) in [6, 6.07) is 4.40. The third-order valence-corrected chi connectivity index (χ3v) is 3.91. The summed E-state index contributed by atoms with van der Waals surface area (Å²) in [5, 5.41) is 14.1. The molecule has 2 rings (SSSR count). The van der Waals surface area contributed by atoms with Crippen LogP contribution in [0.2, 0.25) is 0 Å². The number of nitrogens with zero attached hydrogens (tertiary/aromatic N) is 2. The van der Waals surface area contributed by atoms with E-state index in [0.29, 0.717) is 22.0 Å². The molecule has 0 saturated carbocycles. The lowest BCUT2D eigenvalue weighted by Gasteiger charge is -2.09. The van der Waals surface area contributed by atoms with E-state index >= 15 is 0 Å². The number of thioether (sulfide) groups is 1. The Kier molecular flexibility index (Phi) is 4.46. The molecule has 0 amide bonds. The number of hydrogen-bond acceptors (Lipinski definition) is 4. The van der Waals surface area contributed by atoms with Crippen LogP contribution in [0.1, 0.15) is 31.0 Å². The summed E-state index contributed by atoms with van der Waals surface area (Å²) >= 11 is 1.27. The first-order valence-electron chi connectivity index (χ1n) is 6.32. The number of hydrogen-bond donors (Lipinski definition) is 3. The number of benzene rings is 1. The first-order valence-corrected chi connectivity index (χ1v) is 7.31. The van der Waals surface area contributed by atoms with Gasteiger partial charge in [-0.25, -0.2) is 14.3 Å². The van der Waals surface area contributed by atoms with Crippen molar-refractivity contribution in [3.63, 3.8) is 0 Å². The van der Waals surface area contributed by atoms with Gasteiger partial charge in [0.1, 0.15) is 11.7 Å². The smallest absolute Gasteiger partial charge is 0.344 e. The van der Waals surface area contributed by atoms with Crippen LogP contribution in [0, 0.1) is 11.2 Å². The molecule has 0 aliphatic rings. The Morgan fingerprint density at radius 3 is 2.86 bits per heavy atom. The number of nitrogens with two attached hydrogens (primary N) is 1. The minimum Gasteiger partial charge on any atom is -0.384 e. The molecule has 1 heterocycles. The molecule has 0 aliphatic heterocycles. The van der Waals surface area contributed by atoms with E-state index in [4.69, 9.17) is 11.1 Å². The second-order valence-corrected chi connectivity index (χ2v) is 5.73. The summed E-state index contributed by atoms with van der Waals surface area (Å²) in [4.78, 5) is 11.6. The number of amidine groups is 1. The lowest BCUT2D eigenvalue weighted by atomic mass is 10.1. The van der Waals surface area contributed by atoms with Gasteiger partial charge in [-0.05, 0) is 25.5 Å². The van der Waals surface area contributed by atoms with Crippen LogP contribution in [0.3, 0.4) is 0 Å². The Hall–Kier alpha value is -2.09. The minimum absolute atomic E-state index is 0.0244. The van der Waals surface area contributed by atoms with Gasteiger partial charge in [-0.3, -0.25) is 9.98 Å². The van der Waals surface area contributed by atoms with Crippen LogP contribution in [-0.2, 0) is 5.75 Å². The van der Waals surface area contributed by atoms with Gasteiger partial charge in [0.05, 0.1) is 0 Å². The van der Waals surface area contributed by atoms with Gasteiger partial charge in [-0.15, -0.1) is 5.10 Å². The SMILES string of the molecule is CC(C)n1c(SCc2ccc(C(=N)N)cc2F)n[nH]c1=O. The van der Waals surface area contributed by atoms with Crippen LogP contribution in [0.25, 0.3) is 0 Å². The Morgan fingerprint density at radius 2 is 2.29 bits per heavy atom. The Bertz CT molecular complexity index is 722. The highest BCUT2D eigenvalue weighted by molar-refractivity contribution is 7.98. The number of halogens is 1. The standard InChI is InChI=1S/C13H16FN5OS/c1-7(2)19-12(20)17-18-13(19)21-6-9-4-3-8(11(15)16)5-10(9)14/h3-5,7H,6H2,1-2H3,(H3,15,16)(H,17,20). The molecule has 1 aromatic carbocycles. The summed E-state index contributed by atoms with van der Waals surface area (Å²) in [7, 11) is 0. The zero-order valence-electron chi connectivity index (χ0n) is 11.7. The van der Waals surface area contributed by atoms with Crippen LogP contribution in [0.5, 0.6) is 0 Å². The summed E-state index contributed by atoms with van der Waals surface area (Å²) in [5.74, 6) is -0.265. The number of rotatable bonds is 5. The molecule has 112 valence electrons. The fourth-order valence-corrected chi connectivity index (χ4v) is 2.88. The third kappa shape index (κ3) is 3.33. The molecule has 1 aromatic heterocycles. The maximum atomic E-state index is 13.9. The zero-order chi connectivity index (χ0) is 15.6. The molecular formula is C13H16FN5OS. The molecule has 2 aromatic rings. The average molecular weight is 309 g/mol. The summed E-state index contributed by atoms with van der Waals surface area (Å²) in [6.45, 7) is 3.76. The van der Waals surface area contributed by atoms with Gasteiger partial charge in [-0.2, -0.15) is 0 Å². The lowest BCUT2D eigenvalue weighted by Crippen LogP contribution is -2.19. The fourth-order valence-electron chi connectivity index (χ4n) is 1.82. The van der Waals surface area contributed by atoms with Crippen molar-refractivity contribution in [1.82, 2.24) is 14.8 Å². The van der Waals surface area contributed by atoms with Gasteiger partial charge in [0.25, 0.3) is 0 Å². The van der Waals surface area contributed by atoms with E-state index in [-0.39, 0.29) is 17.6 Å². The highest BCUT2D eigenvalue weighted by Gasteiger charge is 2.13. The van der Waals surface area contributed by atoms with Gasteiger partial charge in [0.15, 0.2) is 5.16 Å². The van der Waals surface area contributed by atoms with E-state index in [1.54, 1.807) is 12.1 Å². The topological polar surface area (TPSA) is 101 Å². The monoisotopic (exact) mass is 309 g/mol. The van der Waals surface area contributed by atoms with E-state index in [9.17, 15) is 9.18 Å². The minimum atomic E-state index is -0.427. The van der Waals surface area contributed by atoms with E-state index in [2.05, 4.69) is 10.2 Å². The largest absolute Gasteiger partial charge is 0.384 e. The molecule has 0 aliphatic carbocycles. The van der Waals surface area contributed by atoms with Gasteiger partial charge in [0, 0.05) is 17.4 Å². The van der Waals surface area contributed by atoms with Gasteiger partial charge in [0.2, 0.25) is 0 Å². The first-order chi connectivity index (χ1) is 9.90. The number of aromatic nitrogens is 3. The number of nitrogens with one attached hydrogen (secondary N) is 2. The zero-order valence-corrected chi connectivity index (χ0v) is 12.5. The van der Waals surface area contributed by atoms with Crippen molar-refractivity contribution in [2.75, 3.05) is 0 Å². The highest BCUT2D eigenvalue weighted by atomic mass is 32.2. The normalized spacial score (nSPS) is 11.0. The summed E-state index contributed by atoms with van der Waals surface area (Å²) in [5.41, 5.74) is 5.85. The molecule has 21 heavy (non-hydrogen) atoms. The van der Waals surface area contributed by atoms with Crippen molar-refractivity contribution in [3.05, 3.63) is 45.6 Å². The fraction of sp³-hybridized carbons (Fsp3) is 0.308. The van der Waals surface area contributed by atoms with Gasteiger partial charge >= 0.3 is 5.69 Å². The predicted octanol–water partition coefficient (Wildman–Crippen LogP) is 1.87. The highest BCUT2D eigenvalue weighted by Crippen LogP contribution is 2.23. The lowest BCUT2D eigenvalue weighted by molar-refractivity contribution is 0.534. The third-order valence-electron chi connectivity index (χ3n) is 2.91. The Labute approximate surface area is 125 Å². The van der Waals surface area contributed by atoms with E-state index in [1.165, 1.54) is 22.4 Å². The summed E-state index contributed by atoms with van der Waals surface area (Å²) < 4.78 is 15.4. The van der Waals surface area contributed by atoms with Crippen LogP contribution in [0.4, 0.5) is 4.39 Å². The first kappa shape index (κ1) is 15.3. The van der Waals surface area contributed by atoms with E-state index in [1.807, 2.05) is 13.8 Å². The van der Waals surface area contributed by atoms with Crippen molar-refractivity contribution in [3.8, 4) is 0 Å². The number of aromatic amines is 1. The molecule has 0 fully saturated rings. The molecule has 0 bridgehead atoms. The van der Waals surface area contributed by atoms with Crippen molar-refractivity contribution in [2.45, 2.75) is 30.8 Å². The average Bonchev–Trinajstić information content (AvgIpc) is 2.78. The van der Waals surface area contributed by atoms with Crippen LogP contribution in [0.15, 0.2) is 28.2 Å². The molecule has 0 radical (unpaired) electrons. The molecule has 6 nitrogen and oxygen atoms in total. The predicted molar refractivity (Wildman–Crippen MR) is 80.2 cm³/mol. The van der Waals surface area contributed by atoms with Crippen molar-refractivity contribution in [2.24, 2.45) is 5.73 Å². The second kappa shape index (κ2) is 6.13. The molecular weight excluding hydrogens is 293 g/mol. The number of H-pyrrole nitrogens is 1. The van der Waals surface area contributed by atoms with E-state index < -0.39 is 5.82 Å². The Balaban J connectivity index is 2.17. The molecule has 8 heteroatoms. The molecule has 0 spiro atoms. The summed E-state index contributed by atoms with van der Waals surface area (Å²) in [6.07, 6.45) is 0.